The minimum absolute atomic E-state index is 0.0516. The summed E-state index contributed by atoms with van der Waals surface area (Å²) < 4.78 is 0. The van der Waals surface area contributed by atoms with E-state index in [1.165, 1.54) is 18.4 Å². The van der Waals surface area contributed by atoms with E-state index in [1.807, 2.05) is 32.0 Å². The number of carbonyl (C=O) groups excluding carboxylic acids is 2. The molecular formula is C20H28N2O2. The van der Waals surface area contributed by atoms with Crippen LogP contribution in [0.15, 0.2) is 18.2 Å². The van der Waals surface area contributed by atoms with Crippen molar-refractivity contribution in [3.8, 4) is 0 Å². The number of aryl methyl sites for hydroxylation is 1. The molecule has 0 radical (unpaired) electrons. The lowest BCUT2D eigenvalue weighted by Gasteiger charge is -2.28. The van der Waals surface area contributed by atoms with Gasteiger partial charge in [0.25, 0.3) is 0 Å². The van der Waals surface area contributed by atoms with Crippen LogP contribution in [-0.4, -0.2) is 24.4 Å². The molecule has 0 spiro atoms. The SMILES string of the molecule is Cc1cccc(N2C[C@@H](C(=O)NC3CCC(C)CC3)CC2=O)c1C. The Morgan fingerprint density at radius 1 is 1.17 bits per heavy atom. The van der Waals surface area contributed by atoms with Crippen molar-refractivity contribution < 1.29 is 9.59 Å². The van der Waals surface area contributed by atoms with Crippen LogP contribution in [-0.2, 0) is 9.59 Å². The summed E-state index contributed by atoms with van der Waals surface area (Å²) in [5.41, 5.74) is 3.24. The van der Waals surface area contributed by atoms with E-state index in [0.717, 1.165) is 30.0 Å². The average molecular weight is 328 g/mol. The second kappa shape index (κ2) is 6.96. The molecule has 1 saturated carbocycles. The summed E-state index contributed by atoms with van der Waals surface area (Å²) in [6, 6.07) is 6.29. The van der Waals surface area contributed by atoms with Gasteiger partial charge in [-0.2, -0.15) is 0 Å². The minimum Gasteiger partial charge on any atom is -0.353 e. The quantitative estimate of drug-likeness (QED) is 0.925. The Hall–Kier alpha value is -1.84. The van der Waals surface area contributed by atoms with Gasteiger partial charge in [-0.15, -0.1) is 0 Å². The van der Waals surface area contributed by atoms with Crippen molar-refractivity contribution in [2.45, 2.75) is 58.9 Å². The maximum Gasteiger partial charge on any atom is 0.227 e. The molecule has 0 bridgehead atoms. The molecular weight excluding hydrogens is 300 g/mol. The van der Waals surface area contributed by atoms with Crippen molar-refractivity contribution in [2.24, 2.45) is 11.8 Å². The number of carbonyl (C=O) groups is 2. The molecule has 1 heterocycles. The van der Waals surface area contributed by atoms with Gasteiger partial charge in [0.1, 0.15) is 0 Å². The third kappa shape index (κ3) is 3.47. The fourth-order valence-electron chi connectivity index (χ4n) is 3.87. The Kier molecular flexibility index (Phi) is 4.93. The number of hydrogen-bond acceptors (Lipinski definition) is 2. The maximum absolute atomic E-state index is 12.6. The normalized spacial score (nSPS) is 27.4. The van der Waals surface area contributed by atoms with Crippen LogP contribution in [0, 0.1) is 25.7 Å². The Morgan fingerprint density at radius 3 is 2.58 bits per heavy atom. The maximum atomic E-state index is 12.6. The number of nitrogens with zero attached hydrogens (tertiary/aromatic N) is 1. The summed E-state index contributed by atoms with van der Waals surface area (Å²) >= 11 is 0. The molecule has 24 heavy (non-hydrogen) atoms. The second-order valence-electron chi connectivity index (χ2n) is 7.59. The molecule has 2 fully saturated rings. The lowest BCUT2D eigenvalue weighted by Crippen LogP contribution is -2.41. The zero-order valence-corrected chi connectivity index (χ0v) is 15.0. The molecule has 2 amide bonds. The molecule has 4 heteroatoms. The molecule has 0 aromatic heterocycles. The number of benzene rings is 1. The first-order valence-corrected chi connectivity index (χ1v) is 9.12. The minimum atomic E-state index is -0.225. The fourth-order valence-corrected chi connectivity index (χ4v) is 3.87. The molecule has 1 atom stereocenters. The molecule has 3 rings (SSSR count). The molecule has 0 unspecified atom stereocenters. The van der Waals surface area contributed by atoms with Crippen molar-refractivity contribution in [2.75, 3.05) is 11.4 Å². The second-order valence-corrected chi connectivity index (χ2v) is 7.59. The van der Waals surface area contributed by atoms with E-state index in [0.29, 0.717) is 19.0 Å². The van der Waals surface area contributed by atoms with E-state index in [1.54, 1.807) is 4.90 Å². The van der Waals surface area contributed by atoms with Gasteiger partial charge in [0, 0.05) is 24.7 Å². The van der Waals surface area contributed by atoms with Crippen molar-refractivity contribution in [3.05, 3.63) is 29.3 Å². The summed E-state index contributed by atoms with van der Waals surface area (Å²) in [6.45, 7) is 6.86. The largest absolute Gasteiger partial charge is 0.353 e. The van der Waals surface area contributed by atoms with Crippen molar-refractivity contribution in [1.29, 1.82) is 0 Å². The van der Waals surface area contributed by atoms with E-state index in [-0.39, 0.29) is 17.7 Å². The van der Waals surface area contributed by atoms with E-state index in [9.17, 15) is 9.59 Å². The van der Waals surface area contributed by atoms with Crippen LogP contribution in [0.5, 0.6) is 0 Å². The first kappa shape index (κ1) is 17.0. The van der Waals surface area contributed by atoms with Crippen LogP contribution in [0.2, 0.25) is 0 Å². The molecule has 1 aromatic rings. The lowest BCUT2D eigenvalue weighted by molar-refractivity contribution is -0.127. The summed E-state index contributed by atoms with van der Waals surface area (Å²) in [4.78, 5) is 26.8. The summed E-state index contributed by atoms with van der Waals surface area (Å²) in [7, 11) is 0. The molecule has 4 nitrogen and oxygen atoms in total. The number of amides is 2. The molecule has 1 N–H and O–H groups in total. The standard InChI is InChI=1S/C20H28N2O2/c1-13-7-9-17(10-8-13)21-20(24)16-11-19(23)22(12-16)18-6-4-5-14(2)15(18)3/h4-6,13,16-17H,7-12H2,1-3H3,(H,21,24)/t13?,16-,17?/m0/s1. The Balaban J connectivity index is 1.64. The predicted molar refractivity (Wildman–Crippen MR) is 95.9 cm³/mol. The Morgan fingerprint density at radius 2 is 1.88 bits per heavy atom. The first-order chi connectivity index (χ1) is 11.5. The number of nitrogens with one attached hydrogen (secondary N) is 1. The number of hydrogen-bond donors (Lipinski definition) is 1. The lowest BCUT2D eigenvalue weighted by atomic mass is 9.87. The third-order valence-corrected chi connectivity index (χ3v) is 5.72. The number of anilines is 1. The van der Waals surface area contributed by atoms with Gasteiger partial charge in [-0.1, -0.05) is 19.1 Å². The molecule has 1 saturated heterocycles. The van der Waals surface area contributed by atoms with E-state index in [2.05, 4.69) is 12.2 Å². The van der Waals surface area contributed by atoms with Crippen LogP contribution in [0.3, 0.4) is 0 Å². The van der Waals surface area contributed by atoms with Crippen molar-refractivity contribution in [3.63, 3.8) is 0 Å². The zero-order valence-electron chi connectivity index (χ0n) is 15.0. The van der Waals surface area contributed by atoms with Gasteiger partial charge < -0.3 is 10.2 Å². The molecule has 1 aromatic carbocycles. The van der Waals surface area contributed by atoms with Crippen molar-refractivity contribution >= 4 is 17.5 Å². The first-order valence-electron chi connectivity index (χ1n) is 9.12. The summed E-state index contributed by atoms with van der Waals surface area (Å²) in [5.74, 6) is 0.652. The van der Waals surface area contributed by atoms with Gasteiger partial charge in [0.15, 0.2) is 0 Å². The molecule has 1 aliphatic carbocycles. The molecule has 130 valence electrons. The van der Waals surface area contributed by atoms with Crippen molar-refractivity contribution in [1.82, 2.24) is 5.32 Å². The average Bonchev–Trinajstić information content (AvgIpc) is 2.94. The highest BCUT2D eigenvalue weighted by molar-refractivity contribution is 6.00. The van der Waals surface area contributed by atoms with E-state index < -0.39 is 0 Å². The Labute approximate surface area is 144 Å². The Bertz CT molecular complexity index is 633. The van der Waals surface area contributed by atoms with Crippen LogP contribution >= 0.6 is 0 Å². The van der Waals surface area contributed by atoms with Gasteiger partial charge in [0.2, 0.25) is 11.8 Å². The van der Waals surface area contributed by atoms with Crippen LogP contribution in [0.25, 0.3) is 0 Å². The highest BCUT2D eigenvalue weighted by Gasteiger charge is 2.36. The predicted octanol–water partition coefficient (Wildman–Crippen LogP) is 3.35. The van der Waals surface area contributed by atoms with Gasteiger partial charge in [-0.05, 0) is 62.6 Å². The number of rotatable bonds is 3. The van der Waals surface area contributed by atoms with Gasteiger partial charge >= 0.3 is 0 Å². The highest BCUT2D eigenvalue weighted by Crippen LogP contribution is 2.30. The van der Waals surface area contributed by atoms with Crippen LogP contribution < -0.4 is 10.2 Å². The molecule has 1 aliphatic heterocycles. The van der Waals surface area contributed by atoms with Crippen LogP contribution in [0.1, 0.15) is 50.2 Å². The van der Waals surface area contributed by atoms with Crippen LogP contribution in [0.4, 0.5) is 5.69 Å². The fraction of sp³-hybridized carbons (Fsp3) is 0.600. The van der Waals surface area contributed by atoms with Gasteiger partial charge in [-0.25, -0.2) is 0 Å². The zero-order chi connectivity index (χ0) is 17.3. The summed E-state index contributed by atoms with van der Waals surface area (Å²) in [5, 5.41) is 3.18. The van der Waals surface area contributed by atoms with E-state index in [4.69, 9.17) is 0 Å². The topological polar surface area (TPSA) is 49.4 Å². The molecule has 2 aliphatic rings. The highest BCUT2D eigenvalue weighted by atomic mass is 16.2. The van der Waals surface area contributed by atoms with Gasteiger partial charge in [-0.3, -0.25) is 9.59 Å². The van der Waals surface area contributed by atoms with Gasteiger partial charge in [0.05, 0.1) is 5.92 Å². The third-order valence-electron chi connectivity index (χ3n) is 5.72. The summed E-state index contributed by atoms with van der Waals surface area (Å²) in [6.07, 6.45) is 4.82. The van der Waals surface area contributed by atoms with E-state index >= 15 is 0 Å². The smallest absolute Gasteiger partial charge is 0.227 e. The monoisotopic (exact) mass is 328 g/mol.